The van der Waals surface area contributed by atoms with Crippen molar-refractivity contribution in [1.82, 2.24) is 0 Å². The fraction of sp³-hybridized carbons (Fsp3) is 0.600. The highest BCUT2D eigenvalue weighted by molar-refractivity contribution is 9.10. The van der Waals surface area contributed by atoms with Gasteiger partial charge >= 0.3 is 0 Å². The van der Waals surface area contributed by atoms with Gasteiger partial charge in [0.25, 0.3) is 0 Å². The molecule has 0 spiro atoms. The summed E-state index contributed by atoms with van der Waals surface area (Å²) in [5, 5.41) is 0. The van der Waals surface area contributed by atoms with Crippen LogP contribution in [0.15, 0.2) is 22.7 Å². The monoisotopic (exact) mass is 326 g/mol. The van der Waals surface area contributed by atoms with Crippen LogP contribution in [0.1, 0.15) is 18.4 Å². The van der Waals surface area contributed by atoms with Gasteiger partial charge in [0.2, 0.25) is 0 Å². The Hall–Kier alpha value is -0.580. The number of ether oxygens (including phenoxy) is 1. The summed E-state index contributed by atoms with van der Waals surface area (Å²) in [5.41, 5.74) is 8.21. The third kappa shape index (κ3) is 3.94. The summed E-state index contributed by atoms with van der Waals surface area (Å²) in [6.45, 7) is 3.83. The first-order chi connectivity index (χ1) is 9.24. The Morgan fingerprint density at radius 1 is 1.37 bits per heavy atom. The highest BCUT2D eigenvalue weighted by Gasteiger charge is 2.19. The van der Waals surface area contributed by atoms with E-state index in [1.807, 2.05) is 0 Å². The standard InChI is InChI=1S/C15H23BrN2O/c1-19-11-12-5-8-18(9-6-12)14-3-2-13(4-7-17)15(16)10-14/h2-3,10,12H,4-9,11,17H2,1H3. The average molecular weight is 327 g/mol. The van der Waals surface area contributed by atoms with Crippen molar-refractivity contribution in [1.29, 1.82) is 0 Å². The molecule has 1 aromatic carbocycles. The van der Waals surface area contributed by atoms with Crippen molar-refractivity contribution >= 4 is 21.6 Å². The van der Waals surface area contributed by atoms with Crippen LogP contribution in [-0.4, -0.2) is 33.4 Å². The molecule has 1 saturated heterocycles. The van der Waals surface area contributed by atoms with E-state index in [2.05, 4.69) is 39.0 Å². The number of nitrogens with two attached hydrogens (primary N) is 1. The summed E-state index contributed by atoms with van der Waals surface area (Å²) in [5.74, 6) is 0.723. The molecule has 0 atom stereocenters. The lowest BCUT2D eigenvalue weighted by molar-refractivity contribution is 0.139. The molecule has 0 aliphatic carbocycles. The lowest BCUT2D eigenvalue weighted by Crippen LogP contribution is -2.35. The molecular formula is C15H23BrN2O. The van der Waals surface area contributed by atoms with Gasteiger partial charge in [0, 0.05) is 37.0 Å². The largest absolute Gasteiger partial charge is 0.384 e. The van der Waals surface area contributed by atoms with Gasteiger partial charge in [0.05, 0.1) is 0 Å². The molecule has 3 nitrogen and oxygen atoms in total. The number of hydrogen-bond acceptors (Lipinski definition) is 3. The number of hydrogen-bond donors (Lipinski definition) is 1. The number of nitrogens with zero attached hydrogens (tertiary/aromatic N) is 1. The van der Waals surface area contributed by atoms with E-state index < -0.39 is 0 Å². The molecule has 0 aromatic heterocycles. The normalized spacial score (nSPS) is 16.9. The molecule has 0 amide bonds. The maximum Gasteiger partial charge on any atom is 0.0491 e. The number of halogens is 1. The van der Waals surface area contributed by atoms with Crippen molar-refractivity contribution in [2.45, 2.75) is 19.3 Å². The highest BCUT2D eigenvalue weighted by atomic mass is 79.9. The maximum atomic E-state index is 5.61. The van der Waals surface area contributed by atoms with Crippen LogP contribution in [0.3, 0.4) is 0 Å². The third-order valence-corrected chi connectivity index (χ3v) is 4.57. The first-order valence-electron chi connectivity index (χ1n) is 6.97. The van der Waals surface area contributed by atoms with Crippen molar-refractivity contribution in [2.75, 3.05) is 38.3 Å². The van der Waals surface area contributed by atoms with E-state index in [1.54, 1.807) is 7.11 Å². The molecule has 2 rings (SSSR count). The van der Waals surface area contributed by atoms with Crippen molar-refractivity contribution in [3.8, 4) is 0 Å². The molecule has 1 aromatic rings. The quantitative estimate of drug-likeness (QED) is 0.904. The molecule has 0 bridgehead atoms. The van der Waals surface area contributed by atoms with Gasteiger partial charge in [-0.1, -0.05) is 22.0 Å². The Morgan fingerprint density at radius 3 is 2.68 bits per heavy atom. The summed E-state index contributed by atoms with van der Waals surface area (Å²) in [4.78, 5) is 2.46. The second-order valence-electron chi connectivity index (χ2n) is 5.20. The zero-order valence-corrected chi connectivity index (χ0v) is 13.2. The number of methoxy groups -OCH3 is 1. The van der Waals surface area contributed by atoms with Crippen LogP contribution in [0.25, 0.3) is 0 Å². The fourth-order valence-corrected chi connectivity index (χ4v) is 3.25. The molecule has 1 heterocycles. The summed E-state index contributed by atoms with van der Waals surface area (Å²) in [7, 11) is 1.79. The molecule has 0 radical (unpaired) electrons. The smallest absolute Gasteiger partial charge is 0.0491 e. The number of rotatable bonds is 5. The minimum atomic E-state index is 0.695. The van der Waals surface area contributed by atoms with Gasteiger partial charge < -0.3 is 15.4 Å². The minimum absolute atomic E-state index is 0.695. The fourth-order valence-electron chi connectivity index (χ4n) is 2.68. The zero-order chi connectivity index (χ0) is 13.7. The molecule has 4 heteroatoms. The van der Waals surface area contributed by atoms with Crippen LogP contribution >= 0.6 is 15.9 Å². The molecular weight excluding hydrogens is 304 g/mol. The van der Waals surface area contributed by atoms with Crippen LogP contribution in [-0.2, 0) is 11.2 Å². The summed E-state index contributed by atoms with van der Waals surface area (Å²) in [6, 6.07) is 6.63. The second-order valence-corrected chi connectivity index (χ2v) is 6.05. The van der Waals surface area contributed by atoms with Crippen LogP contribution < -0.4 is 10.6 Å². The van der Waals surface area contributed by atoms with Crippen LogP contribution in [0, 0.1) is 5.92 Å². The average Bonchev–Trinajstić information content (AvgIpc) is 2.43. The van der Waals surface area contributed by atoms with Crippen molar-refractivity contribution in [3.63, 3.8) is 0 Å². The van der Waals surface area contributed by atoms with Crippen molar-refractivity contribution in [2.24, 2.45) is 11.7 Å². The van der Waals surface area contributed by atoms with Crippen LogP contribution in [0.4, 0.5) is 5.69 Å². The van der Waals surface area contributed by atoms with E-state index in [0.29, 0.717) is 6.54 Å². The molecule has 1 aliphatic heterocycles. The topological polar surface area (TPSA) is 38.5 Å². The molecule has 19 heavy (non-hydrogen) atoms. The lowest BCUT2D eigenvalue weighted by Gasteiger charge is -2.33. The first-order valence-corrected chi connectivity index (χ1v) is 7.76. The first kappa shape index (κ1) is 14.8. The number of piperidine rings is 1. The Labute approximate surface area is 124 Å². The SMILES string of the molecule is COCC1CCN(c2ccc(CCN)c(Br)c2)CC1. The summed E-state index contributed by atoms with van der Waals surface area (Å²) >= 11 is 3.65. The molecule has 1 aliphatic rings. The van der Waals surface area contributed by atoms with Gasteiger partial charge in [-0.2, -0.15) is 0 Å². The second kappa shape index (κ2) is 7.27. The van der Waals surface area contributed by atoms with Gasteiger partial charge in [0.1, 0.15) is 0 Å². The van der Waals surface area contributed by atoms with Gasteiger partial charge in [0.15, 0.2) is 0 Å². The van der Waals surface area contributed by atoms with E-state index in [-0.39, 0.29) is 0 Å². The lowest BCUT2D eigenvalue weighted by atomic mass is 9.97. The predicted octanol–water partition coefficient (Wildman–Crippen LogP) is 2.81. The van der Waals surface area contributed by atoms with Gasteiger partial charge in [-0.3, -0.25) is 0 Å². The molecule has 106 valence electrons. The summed E-state index contributed by atoms with van der Waals surface area (Å²) < 4.78 is 6.42. The predicted molar refractivity (Wildman–Crippen MR) is 83.7 cm³/mol. The van der Waals surface area contributed by atoms with E-state index >= 15 is 0 Å². The van der Waals surface area contributed by atoms with E-state index in [4.69, 9.17) is 10.5 Å². The van der Waals surface area contributed by atoms with Crippen LogP contribution in [0.2, 0.25) is 0 Å². The Bertz CT molecular complexity index is 403. The van der Waals surface area contributed by atoms with Crippen LogP contribution in [0.5, 0.6) is 0 Å². The third-order valence-electron chi connectivity index (χ3n) is 3.83. The molecule has 2 N–H and O–H groups in total. The zero-order valence-electron chi connectivity index (χ0n) is 11.6. The van der Waals surface area contributed by atoms with Crippen molar-refractivity contribution < 1.29 is 4.74 Å². The van der Waals surface area contributed by atoms with Gasteiger partial charge in [-0.05, 0) is 49.4 Å². The molecule has 0 saturated carbocycles. The number of anilines is 1. The molecule has 1 fully saturated rings. The van der Waals surface area contributed by atoms with E-state index in [9.17, 15) is 0 Å². The Balaban J connectivity index is 1.97. The van der Waals surface area contributed by atoms with Gasteiger partial charge in [-0.15, -0.1) is 0 Å². The minimum Gasteiger partial charge on any atom is -0.384 e. The molecule has 0 unspecified atom stereocenters. The Morgan fingerprint density at radius 2 is 2.11 bits per heavy atom. The van der Waals surface area contributed by atoms with E-state index in [1.165, 1.54) is 28.6 Å². The van der Waals surface area contributed by atoms with E-state index in [0.717, 1.165) is 32.0 Å². The van der Waals surface area contributed by atoms with Gasteiger partial charge in [-0.25, -0.2) is 0 Å². The summed E-state index contributed by atoms with van der Waals surface area (Å²) in [6.07, 6.45) is 3.36. The maximum absolute atomic E-state index is 5.61. The van der Waals surface area contributed by atoms with Crippen molar-refractivity contribution in [3.05, 3.63) is 28.2 Å². The Kier molecular flexibility index (Phi) is 5.67. The number of benzene rings is 1. The highest BCUT2D eigenvalue weighted by Crippen LogP contribution is 2.28.